The van der Waals surface area contributed by atoms with Crippen LogP contribution in [0.3, 0.4) is 0 Å². The molecule has 0 spiro atoms. The molecule has 2 rings (SSSR count). The van der Waals surface area contributed by atoms with Crippen LogP contribution in [-0.2, 0) is 6.54 Å². The van der Waals surface area contributed by atoms with Crippen LogP contribution in [0.5, 0.6) is 0 Å². The first-order valence-corrected chi connectivity index (χ1v) is 7.56. The Labute approximate surface area is 142 Å². The summed E-state index contributed by atoms with van der Waals surface area (Å²) in [7, 11) is 0. The normalized spacial score (nSPS) is 10.7. The van der Waals surface area contributed by atoms with Crippen LogP contribution in [0.15, 0.2) is 34.7 Å². The first kappa shape index (κ1) is 18.4. The summed E-state index contributed by atoms with van der Waals surface area (Å²) in [6.07, 6.45) is 1.16. The van der Waals surface area contributed by atoms with Gasteiger partial charge in [-0.25, -0.2) is 0 Å². The van der Waals surface area contributed by atoms with Crippen LogP contribution in [0.1, 0.15) is 26.0 Å². The van der Waals surface area contributed by atoms with Gasteiger partial charge < -0.3 is 9.73 Å². The van der Waals surface area contributed by atoms with E-state index in [4.69, 9.17) is 27.6 Å². The van der Waals surface area contributed by atoms with Crippen molar-refractivity contribution in [3.8, 4) is 11.3 Å². The molecule has 0 fully saturated rings. The van der Waals surface area contributed by atoms with Crippen molar-refractivity contribution in [1.82, 2.24) is 5.32 Å². The summed E-state index contributed by atoms with van der Waals surface area (Å²) in [5, 5.41) is 4.60. The third-order valence-corrected chi connectivity index (χ3v) is 3.60. The average Bonchev–Trinajstić information content (AvgIpc) is 2.83. The number of hydrogen-bond acceptors (Lipinski definition) is 2. The zero-order chi connectivity index (χ0) is 14.5. The molecule has 2 nitrogen and oxygen atoms in total. The van der Waals surface area contributed by atoms with Crippen molar-refractivity contribution < 1.29 is 4.42 Å². The van der Waals surface area contributed by atoms with E-state index in [0.717, 1.165) is 36.6 Å². The Morgan fingerprint density at radius 1 is 1.14 bits per heavy atom. The van der Waals surface area contributed by atoms with Crippen LogP contribution in [0.25, 0.3) is 11.3 Å². The van der Waals surface area contributed by atoms with E-state index in [2.05, 4.69) is 19.2 Å². The predicted octanol–water partition coefficient (Wildman–Crippen LogP) is 5.81. The fourth-order valence-electron chi connectivity index (χ4n) is 1.91. The molecule has 0 radical (unpaired) electrons. The van der Waals surface area contributed by atoms with Crippen LogP contribution in [-0.4, -0.2) is 6.54 Å². The lowest BCUT2D eigenvalue weighted by Gasteiger charge is -2.05. The molecule has 0 unspecified atom stereocenters. The number of benzene rings is 1. The molecule has 1 N–H and O–H groups in total. The van der Waals surface area contributed by atoms with Crippen molar-refractivity contribution >= 4 is 35.6 Å². The minimum absolute atomic E-state index is 0. The molecule has 0 bridgehead atoms. The second-order valence-electron chi connectivity index (χ2n) is 5.25. The molecule has 1 heterocycles. The molecule has 0 saturated carbocycles. The monoisotopic (exact) mass is 347 g/mol. The zero-order valence-electron chi connectivity index (χ0n) is 12.2. The Bertz CT molecular complexity index is 566. The first-order chi connectivity index (χ1) is 9.56. The minimum Gasteiger partial charge on any atom is -0.460 e. The molecule has 21 heavy (non-hydrogen) atoms. The van der Waals surface area contributed by atoms with Crippen LogP contribution in [0, 0.1) is 5.92 Å². The smallest absolute Gasteiger partial charge is 0.135 e. The summed E-state index contributed by atoms with van der Waals surface area (Å²) in [4.78, 5) is 0. The molecule has 0 aliphatic carbocycles. The Morgan fingerprint density at radius 2 is 1.90 bits per heavy atom. The summed E-state index contributed by atoms with van der Waals surface area (Å²) in [5.41, 5.74) is 0.865. The molecule has 0 atom stereocenters. The fourth-order valence-corrected chi connectivity index (χ4v) is 2.41. The Morgan fingerprint density at radius 3 is 2.57 bits per heavy atom. The molecule has 0 amide bonds. The highest BCUT2D eigenvalue weighted by Gasteiger charge is 2.09. The maximum Gasteiger partial charge on any atom is 0.135 e. The number of halogens is 3. The first-order valence-electron chi connectivity index (χ1n) is 6.81. The lowest BCUT2D eigenvalue weighted by molar-refractivity contribution is 0.474. The van der Waals surface area contributed by atoms with Crippen LogP contribution >= 0.6 is 35.6 Å². The van der Waals surface area contributed by atoms with E-state index in [9.17, 15) is 0 Å². The molecule has 2 aromatic rings. The van der Waals surface area contributed by atoms with Crippen molar-refractivity contribution in [2.24, 2.45) is 5.92 Å². The van der Waals surface area contributed by atoms with Gasteiger partial charge in [-0.3, -0.25) is 0 Å². The quantitative estimate of drug-likeness (QED) is 0.666. The van der Waals surface area contributed by atoms with E-state index >= 15 is 0 Å². The van der Waals surface area contributed by atoms with Crippen molar-refractivity contribution in [2.75, 3.05) is 6.54 Å². The summed E-state index contributed by atoms with van der Waals surface area (Å²) in [6.45, 7) is 6.16. The second-order valence-corrected chi connectivity index (χ2v) is 6.09. The largest absolute Gasteiger partial charge is 0.460 e. The van der Waals surface area contributed by atoms with Crippen LogP contribution < -0.4 is 5.32 Å². The van der Waals surface area contributed by atoms with Gasteiger partial charge in [0.15, 0.2) is 0 Å². The number of nitrogens with one attached hydrogen (secondary N) is 1. The second kappa shape index (κ2) is 8.70. The third kappa shape index (κ3) is 5.55. The molecule has 1 aromatic heterocycles. The fraction of sp³-hybridized carbons (Fsp3) is 0.375. The SMILES string of the molecule is CC(C)CCNCc1ccc(-c2ccc(Cl)cc2Cl)o1.Cl. The summed E-state index contributed by atoms with van der Waals surface area (Å²) >= 11 is 12.1. The maximum atomic E-state index is 6.17. The highest BCUT2D eigenvalue weighted by Crippen LogP contribution is 2.31. The van der Waals surface area contributed by atoms with Gasteiger partial charge in [0.25, 0.3) is 0 Å². The predicted molar refractivity (Wildman–Crippen MR) is 92.6 cm³/mol. The Kier molecular flexibility index (Phi) is 7.61. The topological polar surface area (TPSA) is 25.2 Å². The van der Waals surface area contributed by atoms with E-state index in [1.165, 1.54) is 0 Å². The molecular weight excluding hydrogens is 329 g/mol. The highest BCUT2D eigenvalue weighted by molar-refractivity contribution is 6.36. The summed E-state index contributed by atoms with van der Waals surface area (Å²) in [6, 6.07) is 9.32. The van der Waals surface area contributed by atoms with Gasteiger partial charge in [0.2, 0.25) is 0 Å². The van der Waals surface area contributed by atoms with Gasteiger partial charge >= 0.3 is 0 Å². The van der Waals surface area contributed by atoms with Gasteiger partial charge in [-0.15, -0.1) is 12.4 Å². The van der Waals surface area contributed by atoms with E-state index in [0.29, 0.717) is 16.0 Å². The lowest BCUT2D eigenvalue weighted by atomic mass is 10.1. The Balaban J connectivity index is 0.00000220. The molecule has 0 aliphatic heterocycles. The zero-order valence-corrected chi connectivity index (χ0v) is 14.5. The van der Waals surface area contributed by atoms with Crippen molar-refractivity contribution in [3.63, 3.8) is 0 Å². The number of hydrogen-bond donors (Lipinski definition) is 1. The van der Waals surface area contributed by atoms with Crippen LogP contribution in [0.2, 0.25) is 10.0 Å². The van der Waals surface area contributed by atoms with Gasteiger partial charge in [0, 0.05) is 10.6 Å². The molecule has 0 saturated heterocycles. The minimum atomic E-state index is 0. The van der Waals surface area contributed by atoms with E-state index in [1.807, 2.05) is 24.3 Å². The van der Waals surface area contributed by atoms with E-state index < -0.39 is 0 Å². The van der Waals surface area contributed by atoms with Crippen molar-refractivity contribution in [2.45, 2.75) is 26.8 Å². The van der Waals surface area contributed by atoms with Gasteiger partial charge in [-0.05, 0) is 49.2 Å². The van der Waals surface area contributed by atoms with Gasteiger partial charge in [0.1, 0.15) is 11.5 Å². The van der Waals surface area contributed by atoms with E-state index in [-0.39, 0.29) is 12.4 Å². The number of furan rings is 1. The molecule has 0 aliphatic rings. The molecule has 5 heteroatoms. The van der Waals surface area contributed by atoms with Gasteiger partial charge in [-0.2, -0.15) is 0 Å². The highest BCUT2D eigenvalue weighted by atomic mass is 35.5. The summed E-state index contributed by atoms with van der Waals surface area (Å²) in [5.74, 6) is 2.39. The van der Waals surface area contributed by atoms with Gasteiger partial charge in [0.05, 0.1) is 11.6 Å². The lowest BCUT2D eigenvalue weighted by Crippen LogP contribution is -2.15. The van der Waals surface area contributed by atoms with Gasteiger partial charge in [-0.1, -0.05) is 37.0 Å². The third-order valence-electron chi connectivity index (χ3n) is 3.06. The molecular formula is C16H20Cl3NO. The molecule has 116 valence electrons. The van der Waals surface area contributed by atoms with E-state index in [1.54, 1.807) is 6.07 Å². The molecule has 1 aromatic carbocycles. The Hall–Kier alpha value is -0.670. The maximum absolute atomic E-state index is 6.17. The summed E-state index contributed by atoms with van der Waals surface area (Å²) < 4.78 is 5.81. The standard InChI is InChI=1S/C16H19Cl2NO.ClH/c1-11(2)7-8-19-10-13-4-6-16(20-13)14-5-3-12(17)9-15(14)18;/h3-6,9,11,19H,7-8,10H2,1-2H3;1H. The number of rotatable bonds is 6. The van der Waals surface area contributed by atoms with Crippen molar-refractivity contribution in [3.05, 3.63) is 46.1 Å². The average molecular weight is 349 g/mol. The van der Waals surface area contributed by atoms with Crippen LogP contribution in [0.4, 0.5) is 0 Å². The van der Waals surface area contributed by atoms with Crippen molar-refractivity contribution in [1.29, 1.82) is 0 Å².